The van der Waals surface area contributed by atoms with Crippen LogP contribution in [-0.4, -0.2) is 18.0 Å². The Balaban J connectivity index is 2.59. The van der Waals surface area contributed by atoms with Crippen molar-refractivity contribution in [2.24, 2.45) is 4.99 Å². The van der Waals surface area contributed by atoms with Gasteiger partial charge in [-0.1, -0.05) is 11.6 Å². The van der Waals surface area contributed by atoms with Gasteiger partial charge in [-0.15, -0.1) is 0 Å². The summed E-state index contributed by atoms with van der Waals surface area (Å²) in [5.74, 6) is 0. The van der Waals surface area contributed by atoms with E-state index in [2.05, 4.69) is 4.99 Å². The molecule has 86 valence electrons. The largest absolute Gasteiger partial charge is 0.417 e. The third kappa shape index (κ3) is 1.85. The van der Waals surface area contributed by atoms with Crippen LogP contribution in [0.3, 0.4) is 0 Å². The number of halogens is 4. The zero-order valence-electron chi connectivity index (χ0n) is 7.79. The number of nitrogens with zero attached hydrogens (tertiary/aromatic N) is 2. The van der Waals surface area contributed by atoms with Crippen LogP contribution in [0.4, 0.5) is 24.5 Å². The molecule has 0 saturated heterocycles. The van der Waals surface area contributed by atoms with E-state index in [0.29, 0.717) is 0 Å². The Morgan fingerprint density at radius 1 is 1.38 bits per heavy atom. The second-order valence-electron chi connectivity index (χ2n) is 3.21. The first-order valence-electron chi connectivity index (χ1n) is 4.29. The van der Waals surface area contributed by atoms with E-state index in [1.54, 1.807) is 0 Å². The minimum atomic E-state index is -4.53. The lowest BCUT2D eigenvalue weighted by molar-refractivity contribution is -0.137. The summed E-state index contributed by atoms with van der Waals surface area (Å²) >= 11 is 5.50. The zero-order valence-corrected chi connectivity index (χ0v) is 8.55. The van der Waals surface area contributed by atoms with Crippen LogP contribution in [0.5, 0.6) is 0 Å². The normalized spacial score (nSPS) is 15.2. The monoisotopic (exact) mass is 250 g/mol. The van der Waals surface area contributed by atoms with Gasteiger partial charge in [0.05, 0.1) is 28.5 Å². The van der Waals surface area contributed by atoms with E-state index in [0.717, 1.165) is 17.2 Å². The lowest BCUT2D eigenvalue weighted by atomic mass is 10.1. The Morgan fingerprint density at radius 3 is 2.69 bits per heavy atom. The van der Waals surface area contributed by atoms with Gasteiger partial charge in [0.15, 0.2) is 0 Å². The number of hydrogen-bond acceptors (Lipinski definition) is 3. The molecular weight excluding hydrogens is 245 g/mol. The number of fused-ring (bicyclic) bond motifs is 1. The number of alkyl halides is 3. The van der Waals surface area contributed by atoms with Gasteiger partial charge in [-0.3, -0.25) is 10.2 Å². The smallest absolute Gasteiger partial charge is 0.288 e. The third-order valence-electron chi connectivity index (χ3n) is 2.13. The van der Waals surface area contributed by atoms with Gasteiger partial charge in [0, 0.05) is 6.21 Å². The molecule has 1 aliphatic heterocycles. The van der Waals surface area contributed by atoms with E-state index in [1.165, 1.54) is 6.21 Å². The van der Waals surface area contributed by atoms with Crippen molar-refractivity contribution < 1.29 is 18.4 Å². The highest BCUT2D eigenvalue weighted by molar-refractivity contribution is 6.32. The number of rotatable bonds is 0. The van der Waals surface area contributed by atoms with Crippen LogP contribution in [0, 0.1) is 0 Å². The summed E-state index contributed by atoms with van der Waals surface area (Å²) in [5, 5.41) is 9.71. The van der Waals surface area contributed by atoms with Crippen LogP contribution in [0.2, 0.25) is 5.02 Å². The Labute approximate surface area is 93.7 Å². The molecule has 0 aliphatic carbocycles. The fourth-order valence-corrected chi connectivity index (χ4v) is 1.66. The summed E-state index contributed by atoms with van der Waals surface area (Å²) in [6.07, 6.45) is -3.21. The molecule has 0 bridgehead atoms. The minimum absolute atomic E-state index is 0.0467. The first kappa shape index (κ1) is 11.2. The van der Waals surface area contributed by atoms with Crippen molar-refractivity contribution in [1.29, 1.82) is 0 Å². The summed E-state index contributed by atoms with van der Waals surface area (Å²) in [6.45, 7) is 0.120. The molecule has 0 spiro atoms. The Morgan fingerprint density at radius 2 is 2.06 bits per heavy atom. The van der Waals surface area contributed by atoms with Gasteiger partial charge in [0.25, 0.3) is 0 Å². The van der Waals surface area contributed by atoms with Crippen LogP contribution in [0.1, 0.15) is 5.56 Å². The van der Waals surface area contributed by atoms with Crippen molar-refractivity contribution in [2.45, 2.75) is 6.18 Å². The van der Waals surface area contributed by atoms with Crippen LogP contribution in [0.25, 0.3) is 0 Å². The highest BCUT2D eigenvalue weighted by Gasteiger charge is 2.34. The molecule has 1 aliphatic rings. The zero-order chi connectivity index (χ0) is 11.9. The highest BCUT2D eigenvalue weighted by Crippen LogP contribution is 2.41. The fourth-order valence-electron chi connectivity index (χ4n) is 1.39. The molecule has 7 heteroatoms. The molecular formula is C9H6ClF3N2O. The quantitative estimate of drug-likeness (QED) is 0.767. The summed E-state index contributed by atoms with van der Waals surface area (Å²) in [7, 11) is 0. The molecule has 1 N–H and O–H groups in total. The van der Waals surface area contributed by atoms with Crippen molar-refractivity contribution in [1.82, 2.24) is 0 Å². The molecule has 1 aromatic carbocycles. The number of hydroxylamine groups is 1. The molecule has 2 rings (SSSR count). The number of hydrogen-bond donors (Lipinski definition) is 1. The van der Waals surface area contributed by atoms with E-state index < -0.39 is 16.8 Å². The molecule has 0 radical (unpaired) electrons. The van der Waals surface area contributed by atoms with Gasteiger partial charge in [-0.2, -0.15) is 13.2 Å². The standard InChI is InChI=1S/C9H6ClF3N2O/c10-6-4-8-7(14-1-2-15(8)16)3-5(6)9(11,12)13/h1,3-4,16H,2H2. The Kier molecular flexibility index (Phi) is 2.55. The second-order valence-corrected chi connectivity index (χ2v) is 3.62. The summed E-state index contributed by atoms with van der Waals surface area (Å²) in [4.78, 5) is 3.77. The molecule has 16 heavy (non-hydrogen) atoms. The first-order chi connectivity index (χ1) is 7.39. The topological polar surface area (TPSA) is 35.8 Å². The number of aliphatic imine (C=N–C) groups is 1. The van der Waals surface area contributed by atoms with Gasteiger partial charge in [0.2, 0.25) is 0 Å². The molecule has 0 amide bonds. The summed E-state index contributed by atoms with van der Waals surface area (Å²) < 4.78 is 37.5. The molecule has 0 saturated carbocycles. The average molecular weight is 251 g/mol. The predicted octanol–water partition coefficient (Wildman–Crippen LogP) is 3.27. The van der Waals surface area contributed by atoms with Crippen LogP contribution < -0.4 is 5.06 Å². The predicted molar refractivity (Wildman–Crippen MR) is 53.7 cm³/mol. The van der Waals surface area contributed by atoms with Crippen LogP contribution >= 0.6 is 11.6 Å². The molecule has 0 aromatic heterocycles. The third-order valence-corrected chi connectivity index (χ3v) is 2.45. The summed E-state index contributed by atoms with van der Waals surface area (Å²) in [5.41, 5.74) is -0.744. The number of anilines is 1. The minimum Gasteiger partial charge on any atom is -0.288 e. The number of benzene rings is 1. The lowest BCUT2D eigenvalue weighted by Crippen LogP contribution is -2.23. The van der Waals surface area contributed by atoms with E-state index in [4.69, 9.17) is 11.6 Å². The Bertz CT molecular complexity index is 459. The van der Waals surface area contributed by atoms with Gasteiger partial charge < -0.3 is 0 Å². The summed E-state index contributed by atoms with van der Waals surface area (Å²) in [6, 6.07) is 1.87. The van der Waals surface area contributed by atoms with Crippen molar-refractivity contribution >= 4 is 29.2 Å². The maximum absolute atomic E-state index is 12.5. The molecule has 3 nitrogen and oxygen atoms in total. The Hall–Kier alpha value is -1.27. The molecule has 1 heterocycles. The van der Waals surface area contributed by atoms with Crippen molar-refractivity contribution in [3.63, 3.8) is 0 Å². The lowest BCUT2D eigenvalue weighted by Gasteiger charge is -2.22. The van der Waals surface area contributed by atoms with Gasteiger partial charge in [0.1, 0.15) is 0 Å². The highest BCUT2D eigenvalue weighted by atomic mass is 35.5. The average Bonchev–Trinajstić information content (AvgIpc) is 2.17. The molecule has 0 unspecified atom stereocenters. The van der Waals surface area contributed by atoms with Crippen molar-refractivity contribution in [3.8, 4) is 0 Å². The van der Waals surface area contributed by atoms with E-state index in [-0.39, 0.29) is 17.9 Å². The molecule has 0 atom stereocenters. The van der Waals surface area contributed by atoms with E-state index in [1.807, 2.05) is 0 Å². The van der Waals surface area contributed by atoms with Gasteiger partial charge in [-0.05, 0) is 12.1 Å². The van der Waals surface area contributed by atoms with Crippen molar-refractivity contribution in [2.75, 3.05) is 11.6 Å². The maximum Gasteiger partial charge on any atom is 0.417 e. The van der Waals surface area contributed by atoms with Gasteiger partial charge in [-0.25, -0.2) is 5.06 Å². The van der Waals surface area contributed by atoms with E-state index in [9.17, 15) is 18.4 Å². The molecule has 0 fully saturated rings. The maximum atomic E-state index is 12.5. The van der Waals surface area contributed by atoms with Crippen molar-refractivity contribution in [3.05, 3.63) is 22.7 Å². The molecule has 1 aromatic rings. The van der Waals surface area contributed by atoms with Gasteiger partial charge >= 0.3 is 6.18 Å². The van der Waals surface area contributed by atoms with E-state index >= 15 is 0 Å². The van der Waals surface area contributed by atoms with Crippen LogP contribution in [0.15, 0.2) is 17.1 Å². The second kappa shape index (κ2) is 3.64. The first-order valence-corrected chi connectivity index (χ1v) is 4.67. The SMILES string of the molecule is ON1CC=Nc2cc(C(F)(F)F)c(Cl)cc21. The van der Waals surface area contributed by atoms with Crippen LogP contribution in [-0.2, 0) is 6.18 Å². The fraction of sp³-hybridized carbons (Fsp3) is 0.222.